The van der Waals surface area contributed by atoms with Gasteiger partial charge in [0.05, 0.1) is 11.2 Å². The van der Waals surface area contributed by atoms with Crippen molar-refractivity contribution in [2.45, 2.75) is 0 Å². The van der Waals surface area contributed by atoms with Crippen LogP contribution in [-0.2, 0) is 9.63 Å². The van der Waals surface area contributed by atoms with Crippen molar-refractivity contribution >= 4 is 35.4 Å². The molecule has 0 amide bonds. The number of hydrogen-bond acceptors (Lipinski definition) is 3. The van der Waals surface area contributed by atoms with E-state index in [1.165, 1.54) is 24.4 Å². The Morgan fingerprint density at radius 2 is 2.33 bits per heavy atom. The molecule has 0 atom stereocenters. The number of benzene rings is 1. The summed E-state index contributed by atoms with van der Waals surface area (Å²) in [7, 11) is 0. The third-order valence-corrected chi connectivity index (χ3v) is 1.92. The van der Waals surface area contributed by atoms with Crippen LogP contribution >= 0.6 is 23.2 Å². The second-order valence-electron chi connectivity index (χ2n) is 2.50. The Bertz CT molecular complexity index is 396. The van der Waals surface area contributed by atoms with Gasteiger partial charge in [0.1, 0.15) is 11.7 Å². The van der Waals surface area contributed by atoms with Crippen molar-refractivity contribution in [2.24, 2.45) is 5.16 Å². The summed E-state index contributed by atoms with van der Waals surface area (Å²) in [5.74, 6) is -1.46. The predicted octanol–water partition coefficient (Wildman–Crippen LogP) is 2.60. The molecule has 0 saturated carbocycles. The molecule has 0 bridgehead atoms. The Balaban J connectivity index is 2.65. The first kappa shape index (κ1) is 11.9. The summed E-state index contributed by atoms with van der Waals surface area (Å²) < 4.78 is 12.7. The normalized spacial score (nSPS) is 10.6. The molecule has 0 radical (unpaired) electrons. The van der Waals surface area contributed by atoms with Gasteiger partial charge in [-0.2, -0.15) is 0 Å². The van der Waals surface area contributed by atoms with E-state index >= 15 is 0 Å². The zero-order valence-electron chi connectivity index (χ0n) is 7.41. The lowest BCUT2D eigenvalue weighted by Gasteiger charge is -1.95. The molecule has 80 valence electrons. The molecule has 15 heavy (non-hydrogen) atoms. The fraction of sp³-hybridized carbons (Fsp3) is 0.111. The molecular formula is C9H6Cl2FNO2. The van der Waals surface area contributed by atoms with Gasteiger partial charge in [0.2, 0.25) is 0 Å². The lowest BCUT2D eigenvalue weighted by molar-refractivity contribution is -0.140. The Hall–Kier alpha value is -1.13. The molecule has 0 saturated heterocycles. The Labute approximate surface area is 95.4 Å². The summed E-state index contributed by atoms with van der Waals surface area (Å²) >= 11 is 10.7. The standard InChI is InChI=1S/C9H6Cl2FNO2/c10-4-9(14)15-13-5-6-1-2-8(12)7(11)3-6/h1-3,5H,4H2. The first-order valence-electron chi connectivity index (χ1n) is 3.87. The van der Waals surface area contributed by atoms with Crippen LogP contribution < -0.4 is 0 Å². The van der Waals surface area contributed by atoms with Crippen LogP contribution in [0.25, 0.3) is 0 Å². The summed E-state index contributed by atoms with van der Waals surface area (Å²) in [6, 6.07) is 3.99. The minimum atomic E-state index is -0.666. The van der Waals surface area contributed by atoms with E-state index in [-0.39, 0.29) is 10.9 Å². The zero-order valence-corrected chi connectivity index (χ0v) is 8.93. The van der Waals surface area contributed by atoms with Gasteiger partial charge in [-0.1, -0.05) is 22.8 Å². The van der Waals surface area contributed by atoms with Gasteiger partial charge in [0.25, 0.3) is 0 Å². The Morgan fingerprint density at radius 3 is 2.93 bits per heavy atom. The summed E-state index contributed by atoms with van der Waals surface area (Å²) in [5, 5.41) is 3.32. The SMILES string of the molecule is O=C(CCl)ON=Cc1ccc(F)c(Cl)c1. The molecule has 0 heterocycles. The minimum Gasteiger partial charge on any atom is -0.317 e. The molecule has 0 unspecified atom stereocenters. The molecule has 1 aromatic carbocycles. The number of rotatable bonds is 3. The average Bonchev–Trinajstić information content (AvgIpc) is 2.23. The second kappa shape index (κ2) is 5.68. The van der Waals surface area contributed by atoms with E-state index < -0.39 is 11.8 Å². The fourth-order valence-corrected chi connectivity index (χ4v) is 1.00. The molecule has 0 N–H and O–H groups in total. The maximum Gasteiger partial charge on any atom is 0.349 e. The van der Waals surface area contributed by atoms with Crippen LogP contribution in [0.2, 0.25) is 5.02 Å². The molecule has 0 spiro atoms. The van der Waals surface area contributed by atoms with Crippen LogP contribution in [0.15, 0.2) is 23.4 Å². The highest BCUT2D eigenvalue weighted by Gasteiger charge is 2.00. The number of alkyl halides is 1. The van der Waals surface area contributed by atoms with Gasteiger partial charge in [-0.25, -0.2) is 9.18 Å². The van der Waals surface area contributed by atoms with Crippen molar-refractivity contribution in [1.29, 1.82) is 0 Å². The van der Waals surface area contributed by atoms with Gasteiger partial charge >= 0.3 is 5.97 Å². The van der Waals surface area contributed by atoms with Gasteiger partial charge in [0.15, 0.2) is 0 Å². The van der Waals surface area contributed by atoms with Crippen molar-refractivity contribution in [3.8, 4) is 0 Å². The molecule has 6 heteroatoms. The lowest BCUT2D eigenvalue weighted by Crippen LogP contribution is -2.00. The molecule has 1 aromatic rings. The molecule has 3 nitrogen and oxygen atoms in total. The first-order chi connectivity index (χ1) is 7.13. The molecule has 0 aliphatic carbocycles. The highest BCUT2D eigenvalue weighted by Crippen LogP contribution is 2.14. The van der Waals surface area contributed by atoms with Crippen LogP contribution in [0.5, 0.6) is 0 Å². The van der Waals surface area contributed by atoms with Crippen molar-refractivity contribution < 1.29 is 14.0 Å². The Morgan fingerprint density at radius 1 is 1.60 bits per heavy atom. The number of nitrogens with zero attached hydrogens (tertiary/aromatic N) is 1. The summed E-state index contributed by atoms with van der Waals surface area (Å²) in [6.45, 7) is 0. The minimum absolute atomic E-state index is 0.0254. The number of halogens is 3. The van der Waals surface area contributed by atoms with E-state index in [1.807, 2.05) is 0 Å². The van der Waals surface area contributed by atoms with Crippen LogP contribution in [0.4, 0.5) is 4.39 Å². The van der Waals surface area contributed by atoms with E-state index in [0.29, 0.717) is 5.56 Å². The number of hydrogen-bond donors (Lipinski definition) is 0. The van der Waals surface area contributed by atoms with Gasteiger partial charge in [0, 0.05) is 0 Å². The van der Waals surface area contributed by atoms with Crippen molar-refractivity contribution in [3.63, 3.8) is 0 Å². The average molecular weight is 250 g/mol. The highest BCUT2D eigenvalue weighted by molar-refractivity contribution is 6.31. The Kier molecular flexibility index (Phi) is 4.52. The van der Waals surface area contributed by atoms with Gasteiger partial charge in [-0.05, 0) is 17.7 Å². The molecule has 0 aromatic heterocycles. The second-order valence-corrected chi connectivity index (χ2v) is 3.18. The van der Waals surface area contributed by atoms with Crippen LogP contribution in [-0.4, -0.2) is 18.1 Å². The summed E-state index contributed by atoms with van der Waals surface area (Å²) in [5.41, 5.74) is 0.517. The fourth-order valence-electron chi connectivity index (χ4n) is 0.763. The van der Waals surface area contributed by atoms with Crippen LogP contribution in [0, 0.1) is 5.82 Å². The smallest absolute Gasteiger partial charge is 0.317 e. The zero-order chi connectivity index (χ0) is 11.3. The molecule has 0 aliphatic rings. The molecule has 1 rings (SSSR count). The molecular weight excluding hydrogens is 244 g/mol. The van der Waals surface area contributed by atoms with E-state index in [1.54, 1.807) is 0 Å². The van der Waals surface area contributed by atoms with E-state index in [0.717, 1.165) is 0 Å². The van der Waals surface area contributed by atoms with E-state index in [9.17, 15) is 9.18 Å². The van der Waals surface area contributed by atoms with E-state index in [4.69, 9.17) is 23.2 Å². The van der Waals surface area contributed by atoms with Gasteiger partial charge in [-0.3, -0.25) is 0 Å². The third kappa shape index (κ3) is 3.85. The highest BCUT2D eigenvalue weighted by atomic mass is 35.5. The maximum atomic E-state index is 12.7. The topological polar surface area (TPSA) is 38.7 Å². The van der Waals surface area contributed by atoms with Crippen molar-refractivity contribution in [2.75, 3.05) is 5.88 Å². The summed E-state index contributed by atoms with van der Waals surface area (Å²) in [4.78, 5) is 14.9. The molecule has 0 fully saturated rings. The quantitative estimate of drug-likeness (QED) is 0.358. The predicted molar refractivity (Wildman–Crippen MR) is 55.8 cm³/mol. The number of carbonyl (C=O) groups is 1. The van der Waals surface area contributed by atoms with Gasteiger partial charge in [-0.15, -0.1) is 11.6 Å². The van der Waals surface area contributed by atoms with Gasteiger partial charge < -0.3 is 4.84 Å². The number of oxime groups is 1. The largest absolute Gasteiger partial charge is 0.349 e. The van der Waals surface area contributed by atoms with Crippen LogP contribution in [0.1, 0.15) is 5.56 Å². The van der Waals surface area contributed by atoms with Crippen molar-refractivity contribution in [3.05, 3.63) is 34.6 Å². The number of carbonyl (C=O) groups excluding carboxylic acids is 1. The van der Waals surface area contributed by atoms with Crippen LogP contribution in [0.3, 0.4) is 0 Å². The monoisotopic (exact) mass is 249 g/mol. The summed E-state index contributed by atoms with van der Waals surface area (Å²) in [6.07, 6.45) is 1.23. The maximum absolute atomic E-state index is 12.7. The third-order valence-electron chi connectivity index (χ3n) is 1.41. The van der Waals surface area contributed by atoms with Crippen molar-refractivity contribution in [1.82, 2.24) is 0 Å². The lowest BCUT2D eigenvalue weighted by atomic mass is 10.2. The molecule has 0 aliphatic heterocycles. The first-order valence-corrected chi connectivity index (χ1v) is 4.79. The van der Waals surface area contributed by atoms with E-state index in [2.05, 4.69) is 9.99 Å².